The topological polar surface area (TPSA) is 12.0 Å². The lowest BCUT2D eigenvalue weighted by molar-refractivity contribution is 0.573. The van der Waals surface area contributed by atoms with E-state index in [0.29, 0.717) is 16.6 Å². The van der Waals surface area contributed by atoms with E-state index >= 15 is 0 Å². The summed E-state index contributed by atoms with van der Waals surface area (Å²) in [5, 5.41) is 3.07. The molecule has 0 saturated carbocycles. The summed E-state index contributed by atoms with van der Waals surface area (Å²) in [5.74, 6) is -1.20. The Bertz CT molecular complexity index is 743. The third-order valence-electron chi connectivity index (χ3n) is 3.66. The van der Waals surface area contributed by atoms with E-state index in [9.17, 15) is 8.78 Å². The lowest BCUT2D eigenvalue weighted by Crippen LogP contribution is -2.19. The van der Waals surface area contributed by atoms with Crippen molar-refractivity contribution >= 4 is 27.2 Å². The second-order valence-electron chi connectivity index (χ2n) is 5.19. The molecule has 1 aliphatic rings. The highest BCUT2D eigenvalue weighted by molar-refractivity contribution is 9.10. The van der Waals surface area contributed by atoms with Gasteiger partial charge in [0.15, 0.2) is 0 Å². The molecule has 1 heterocycles. The lowest BCUT2D eigenvalue weighted by atomic mass is 9.91. The Hall–Kier alpha value is -1.94. The van der Waals surface area contributed by atoms with Gasteiger partial charge >= 0.3 is 0 Å². The third-order valence-corrected chi connectivity index (χ3v) is 4.12. The highest BCUT2D eigenvalue weighted by Crippen LogP contribution is 2.36. The molecule has 22 heavy (non-hydrogen) atoms. The van der Waals surface area contributed by atoms with E-state index in [1.165, 1.54) is 12.1 Å². The fraction of sp³-hybridized carbons (Fsp3) is 0.111. The number of hydrogen-bond donors (Lipinski definition) is 1. The lowest BCUT2D eigenvalue weighted by Gasteiger charge is -2.25. The molecule has 0 atom stereocenters. The van der Waals surface area contributed by atoms with Gasteiger partial charge in [0.25, 0.3) is 0 Å². The molecule has 1 aliphatic heterocycles. The van der Waals surface area contributed by atoms with E-state index in [-0.39, 0.29) is 5.56 Å². The van der Waals surface area contributed by atoms with Crippen molar-refractivity contribution in [3.8, 4) is 0 Å². The number of rotatable bonds is 2. The molecule has 0 bridgehead atoms. The number of benzene rings is 2. The molecule has 0 aliphatic carbocycles. The van der Waals surface area contributed by atoms with Crippen LogP contribution in [-0.2, 0) is 0 Å². The molecule has 0 fully saturated rings. The smallest absolute Gasteiger partial charge is 0.136 e. The maximum atomic E-state index is 14.3. The molecule has 0 amide bonds. The van der Waals surface area contributed by atoms with Crippen molar-refractivity contribution in [2.75, 3.05) is 0 Å². The van der Waals surface area contributed by atoms with Crippen LogP contribution in [0.5, 0.6) is 0 Å². The van der Waals surface area contributed by atoms with Gasteiger partial charge in [0.1, 0.15) is 11.6 Å². The molecule has 3 rings (SSSR count). The number of nitrogens with one attached hydrogen (secondary N) is 1. The summed E-state index contributed by atoms with van der Waals surface area (Å²) in [6.45, 7) is 3.90. The Kier molecular flexibility index (Phi) is 4.12. The maximum Gasteiger partial charge on any atom is 0.136 e. The van der Waals surface area contributed by atoms with Crippen LogP contribution in [0.15, 0.2) is 59.2 Å². The summed E-state index contributed by atoms with van der Waals surface area (Å²) >= 11 is 3.11. The van der Waals surface area contributed by atoms with Crippen LogP contribution in [0.1, 0.15) is 24.0 Å². The summed E-state index contributed by atoms with van der Waals surface area (Å²) in [4.78, 5) is 0. The second kappa shape index (κ2) is 6.05. The molecule has 0 spiro atoms. The average Bonchev–Trinajstić information content (AvgIpc) is 2.47. The molecule has 0 unspecified atom stereocenters. The van der Waals surface area contributed by atoms with Gasteiger partial charge in [-0.3, -0.25) is 0 Å². The highest BCUT2D eigenvalue weighted by atomic mass is 79.9. The first-order valence-corrected chi connectivity index (χ1v) is 7.74. The van der Waals surface area contributed by atoms with Gasteiger partial charge in [-0.15, -0.1) is 0 Å². The molecule has 0 saturated heterocycles. The summed E-state index contributed by atoms with van der Waals surface area (Å²) in [6, 6.07) is 12.2. The summed E-state index contributed by atoms with van der Waals surface area (Å²) < 4.78 is 29.1. The summed E-state index contributed by atoms with van der Waals surface area (Å²) in [6.07, 6.45) is 1.44. The SMILES string of the molecule is C=C1CCC(c2ccccc2)=C(c2c(F)cc(Br)cc2F)N1. The largest absolute Gasteiger partial charge is 0.359 e. The molecular weight excluding hydrogens is 348 g/mol. The van der Waals surface area contributed by atoms with Gasteiger partial charge < -0.3 is 5.32 Å². The predicted molar refractivity (Wildman–Crippen MR) is 88.8 cm³/mol. The first-order valence-electron chi connectivity index (χ1n) is 6.94. The van der Waals surface area contributed by atoms with Crippen molar-refractivity contribution in [3.05, 3.63) is 82.0 Å². The van der Waals surface area contributed by atoms with Gasteiger partial charge in [-0.2, -0.15) is 0 Å². The molecular formula is C18H14BrF2N. The zero-order valence-corrected chi connectivity index (χ0v) is 13.4. The van der Waals surface area contributed by atoms with Gasteiger partial charge in [-0.05, 0) is 36.1 Å². The second-order valence-corrected chi connectivity index (χ2v) is 6.11. The van der Waals surface area contributed by atoms with Crippen molar-refractivity contribution in [3.63, 3.8) is 0 Å². The van der Waals surface area contributed by atoms with Gasteiger partial charge in [-0.1, -0.05) is 52.8 Å². The van der Waals surface area contributed by atoms with E-state index in [0.717, 1.165) is 23.3 Å². The number of allylic oxidation sites excluding steroid dienone is 2. The quantitative estimate of drug-likeness (QED) is 0.745. The molecule has 0 aromatic heterocycles. The summed E-state index contributed by atoms with van der Waals surface area (Å²) in [5.41, 5.74) is 3.04. The van der Waals surface area contributed by atoms with Gasteiger partial charge in [0.2, 0.25) is 0 Å². The zero-order valence-electron chi connectivity index (χ0n) is 11.8. The van der Waals surface area contributed by atoms with Crippen LogP contribution >= 0.6 is 15.9 Å². The van der Waals surface area contributed by atoms with Crippen molar-refractivity contribution < 1.29 is 8.78 Å². The first kappa shape index (κ1) is 15.0. The van der Waals surface area contributed by atoms with Crippen LogP contribution in [-0.4, -0.2) is 0 Å². The van der Waals surface area contributed by atoms with Gasteiger partial charge in [0, 0.05) is 10.2 Å². The predicted octanol–water partition coefficient (Wildman–Crippen LogP) is 5.49. The van der Waals surface area contributed by atoms with Gasteiger partial charge in [-0.25, -0.2) is 8.78 Å². The van der Waals surface area contributed by atoms with E-state index in [4.69, 9.17) is 0 Å². The molecule has 2 aromatic carbocycles. The molecule has 2 aromatic rings. The average molecular weight is 362 g/mol. The number of hydrogen-bond acceptors (Lipinski definition) is 1. The summed E-state index contributed by atoms with van der Waals surface area (Å²) in [7, 11) is 0. The van der Waals surface area contributed by atoms with Crippen molar-refractivity contribution in [1.29, 1.82) is 0 Å². The van der Waals surface area contributed by atoms with E-state index in [2.05, 4.69) is 27.8 Å². The van der Waals surface area contributed by atoms with Crippen molar-refractivity contribution in [2.45, 2.75) is 12.8 Å². The van der Waals surface area contributed by atoms with Crippen LogP contribution in [0, 0.1) is 11.6 Å². The van der Waals surface area contributed by atoms with Crippen LogP contribution in [0.2, 0.25) is 0 Å². The molecule has 4 heteroatoms. The zero-order chi connectivity index (χ0) is 15.7. The Morgan fingerprint density at radius 1 is 1.00 bits per heavy atom. The minimum atomic E-state index is -0.600. The van der Waals surface area contributed by atoms with Crippen LogP contribution < -0.4 is 5.32 Å². The fourth-order valence-electron chi connectivity index (χ4n) is 2.64. The van der Waals surface area contributed by atoms with E-state index < -0.39 is 11.6 Å². The monoisotopic (exact) mass is 361 g/mol. The van der Waals surface area contributed by atoms with E-state index in [1.54, 1.807) is 0 Å². The third kappa shape index (κ3) is 2.83. The van der Waals surface area contributed by atoms with Crippen LogP contribution in [0.25, 0.3) is 11.3 Å². The van der Waals surface area contributed by atoms with Crippen LogP contribution in [0.4, 0.5) is 8.78 Å². The minimum Gasteiger partial charge on any atom is -0.359 e. The van der Waals surface area contributed by atoms with E-state index in [1.807, 2.05) is 30.3 Å². The Balaban J connectivity index is 2.23. The fourth-order valence-corrected chi connectivity index (χ4v) is 3.04. The first-order chi connectivity index (χ1) is 10.6. The van der Waals surface area contributed by atoms with Crippen molar-refractivity contribution in [2.24, 2.45) is 0 Å². The standard InChI is InChI=1S/C18H14BrF2N/c1-11-7-8-14(12-5-3-2-4-6-12)18(22-11)17-15(20)9-13(19)10-16(17)21/h2-6,9-10,22H,1,7-8H2. The number of halogens is 3. The van der Waals surface area contributed by atoms with Gasteiger partial charge in [0.05, 0.1) is 11.3 Å². The van der Waals surface area contributed by atoms with Crippen LogP contribution in [0.3, 0.4) is 0 Å². The molecule has 112 valence electrons. The Morgan fingerprint density at radius 2 is 1.64 bits per heavy atom. The minimum absolute atomic E-state index is 0.0390. The normalized spacial score (nSPS) is 15.0. The highest BCUT2D eigenvalue weighted by Gasteiger charge is 2.23. The molecule has 1 N–H and O–H groups in total. The molecule has 0 radical (unpaired) electrons. The molecule has 1 nitrogen and oxygen atoms in total. The Labute approximate surface area is 136 Å². The Morgan fingerprint density at radius 3 is 2.27 bits per heavy atom. The van der Waals surface area contributed by atoms with Crippen molar-refractivity contribution in [1.82, 2.24) is 5.32 Å². The maximum absolute atomic E-state index is 14.3.